The Labute approximate surface area is 152 Å². The first-order chi connectivity index (χ1) is 12.7. The Bertz CT molecular complexity index is 885. The van der Waals surface area contributed by atoms with E-state index >= 15 is 0 Å². The van der Waals surface area contributed by atoms with Crippen molar-refractivity contribution in [1.29, 1.82) is 5.26 Å². The number of nitriles is 1. The summed E-state index contributed by atoms with van der Waals surface area (Å²) in [7, 11) is 0. The molecule has 0 spiro atoms. The zero-order valence-electron chi connectivity index (χ0n) is 14.7. The third-order valence-corrected chi connectivity index (χ3v) is 5.58. The summed E-state index contributed by atoms with van der Waals surface area (Å²) in [5.41, 5.74) is 2.00. The minimum absolute atomic E-state index is 0.169. The number of aromatic nitrogens is 1. The van der Waals surface area contributed by atoms with E-state index in [0.717, 1.165) is 43.7 Å². The summed E-state index contributed by atoms with van der Waals surface area (Å²) in [5, 5.41) is 9.53. The maximum Gasteiger partial charge on any atom is 0.270 e. The highest BCUT2D eigenvalue weighted by atomic mass is 19.1. The summed E-state index contributed by atoms with van der Waals surface area (Å²) in [4.78, 5) is 14.8. The lowest BCUT2D eigenvalue weighted by molar-refractivity contribution is 0.503. The van der Waals surface area contributed by atoms with Crippen molar-refractivity contribution in [1.82, 2.24) is 4.57 Å². The largest absolute Gasteiger partial charge is 0.370 e. The van der Waals surface area contributed by atoms with E-state index in [4.69, 9.17) is 0 Å². The van der Waals surface area contributed by atoms with Gasteiger partial charge in [-0.2, -0.15) is 5.26 Å². The highest BCUT2D eigenvalue weighted by molar-refractivity contribution is 5.58. The number of hydrogen-bond acceptors (Lipinski definition) is 3. The van der Waals surface area contributed by atoms with Crippen LogP contribution in [0.4, 0.5) is 10.1 Å². The van der Waals surface area contributed by atoms with Gasteiger partial charge >= 0.3 is 0 Å². The molecule has 2 aromatic rings. The fraction of sp³-hybridized carbons (Fsp3) is 0.429. The van der Waals surface area contributed by atoms with Gasteiger partial charge < -0.3 is 9.47 Å². The molecule has 134 valence electrons. The second kappa shape index (κ2) is 6.95. The molecule has 0 amide bonds. The van der Waals surface area contributed by atoms with E-state index in [0.29, 0.717) is 11.8 Å². The molecule has 0 bridgehead atoms. The number of rotatable bonds is 4. The van der Waals surface area contributed by atoms with Gasteiger partial charge in [0.2, 0.25) is 0 Å². The molecule has 4 rings (SSSR count). The highest BCUT2D eigenvalue weighted by Gasteiger charge is 2.26. The maximum atomic E-state index is 13.1. The predicted octanol–water partition coefficient (Wildman–Crippen LogP) is 3.65. The van der Waals surface area contributed by atoms with E-state index in [1.807, 2.05) is 24.4 Å². The molecule has 1 aromatic heterocycles. The van der Waals surface area contributed by atoms with Crippen LogP contribution < -0.4 is 10.5 Å². The molecule has 0 radical (unpaired) electrons. The maximum absolute atomic E-state index is 13.1. The lowest BCUT2D eigenvalue weighted by Crippen LogP contribution is -2.35. The van der Waals surface area contributed by atoms with Crippen LogP contribution >= 0.6 is 0 Å². The Morgan fingerprint density at radius 2 is 1.77 bits per heavy atom. The molecule has 0 unspecified atom stereocenters. The van der Waals surface area contributed by atoms with E-state index in [1.54, 1.807) is 4.57 Å². The van der Waals surface area contributed by atoms with Crippen molar-refractivity contribution in [3.8, 4) is 6.07 Å². The van der Waals surface area contributed by atoms with Gasteiger partial charge in [-0.25, -0.2) is 4.39 Å². The molecule has 2 heterocycles. The van der Waals surface area contributed by atoms with Crippen LogP contribution in [0.15, 0.2) is 41.3 Å². The number of nitrogens with zero attached hydrogens (tertiary/aromatic N) is 3. The molecule has 5 heteroatoms. The lowest BCUT2D eigenvalue weighted by atomic mass is 9.89. The summed E-state index contributed by atoms with van der Waals surface area (Å²) >= 11 is 0. The van der Waals surface area contributed by atoms with Crippen molar-refractivity contribution in [2.75, 3.05) is 18.0 Å². The molecule has 1 saturated carbocycles. The number of piperidine rings is 1. The van der Waals surface area contributed by atoms with Gasteiger partial charge in [0.05, 0.1) is 5.69 Å². The van der Waals surface area contributed by atoms with E-state index in [9.17, 15) is 14.4 Å². The molecular formula is C21H22FN3O. The zero-order valence-corrected chi connectivity index (χ0v) is 14.7. The van der Waals surface area contributed by atoms with Crippen molar-refractivity contribution in [3.63, 3.8) is 0 Å². The molecule has 2 fully saturated rings. The summed E-state index contributed by atoms with van der Waals surface area (Å²) in [6.07, 6.45) is 6.05. The topological polar surface area (TPSA) is 49.0 Å². The molecule has 1 saturated heterocycles. The molecule has 0 atom stereocenters. The minimum atomic E-state index is -0.211. The third kappa shape index (κ3) is 3.37. The Morgan fingerprint density at radius 1 is 1.08 bits per heavy atom. The summed E-state index contributed by atoms with van der Waals surface area (Å²) in [6.45, 7) is 2.31. The second-order valence-electron chi connectivity index (χ2n) is 7.40. The SMILES string of the molecule is N#Cc1c(N2CCC(c3ccc(F)cc3)CC2)ccn(CC2CC2)c1=O. The molecule has 1 aliphatic carbocycles. The molecule has 4 nitrogen and oxygen atoms in total. The quantitative estimate of drug-likeness (QED) is 0.845. The van der Waals surface area contributed by atoms with Crippen LogP contribution in [-0.4, -0.2) is 17.7 Å². The lowest BCUT2D eigenvalue weighted by Gasteiger charge is -2.34. The molecule has 26 heavy (non-hydrogen) atoms. The number of halogens is 1. The molecule has 0 N–H and O–H groups in total. The highest BCUT2D eigenvalue weighted by Crippen LogP contribution is 2.32. The van der Waals surface area contributed by atoms with Crippen LogP contribution in [0.2, 0.25) is 0 Å². The van der Waals surface area contributed by atoms with Gasteiger partial charge in [-0.05, 0) is 61.3 Å². The van der Waals surface area contributed by atoms with Crippen molar-refractivity contribution in [2.45, 2.75) is 38.1 Å². The van der Waals surface area contributed by atoms with Crippen molar-refractivity contribution < 1.29 is 4.39 Å². The van der Waals surface area contributed by atoms with E-state index in [-0.39, 0.29) is 16.9 Å². The van der Waals surface area contributed by atoms with Crippen molar-refractivity contribution in [2.24, 2.45) is 5.92 Å². The molecular weight excluding hydrogens is 329 g/mol. The number of pyridine rings is 1. The Kier molecular flexibility index (Phi) is 4.50. The van der Waals surface area contributed by atoms with Crippen LogP contribution in [0.5, 0.6) is 0 Å². The standard InChI is InChI=1S/C21H22FN3O/c22-18-5-3-16(4-6-18)17-7-10-24(11-8-17)20-9-12-25(14-15-1-2-15)21(26)19(20)13-23/h3-6,9,12,15,17H,1-2,7-8,10-11,14H2. The van der Waals surface area contributed by atoms with Crippen LogP contribution in [0.25, 0.3) is 0 Å². The smallest absolute Gasteiger partial charge is 0.270 e. The molecule has 1 aliphatic heterocycles. The Balaban J connectivity index is 1.50. The van der Waals surface area contributed by atoms with Gasteiger partial charge in [0, 0.05) is 25.8 Å². The summed E-state index contributed by atoms with van der Waals surface area (Å²) in [5.74, 6) is 0.778. The van der Waals surface area contributed by atoms with E-state index in [1.165, 1.54) is 25.0 Å². The Hall–Kier alpha value is -2.61. The van der Waals surface area contributed by atoms with Gasteiger partial charge in [-0.3, -0.25) is 4.79 Å². The molecule has 2 aliphatic rings. The van der Waals surface area contributed by atoms with Crippen LogP contribution in [0.1, 0.15) is 42.7 Å². The van der Waals surface area contributed by atoms with Gasteiger partial charge in [-0.15, -0.1) is 0 Å². The first kappa shape index (κ1) is 16.8. The first-order valence-electron chi connectivity index (χ1n) is 9.29. The van der Waals surface area contributed by atoms with Gasteiger partial charge in [0.1, 0.15) is 17.4 Å². The van der Waals surface area contributed by atoms with Crippen LogP contribution in [0, 0.1) is 23.1 Å². The fourth-order valence-corrected chi connectivity index (χ4v) is 3.84. The van der Waals surface area contributed by atoms with Crippen molar-refractivity contribution in [3.05, 3.63) is 63.8 Å². The minimum Gasteiger partial charge on any atom is -0.370 e. The average Bonchev–Trinajstić information content (AvgIpc) is 3.48. The average molecular weight is 351 g/mol. The van der Waals surface area contributed by atoms with E-state index in [2.05, 4.69) is 11.0 Å². The second-order valence-corrected chi connectivity index (χ2v) is 7.40. The fourth-order valence-electron chi connectivity index (χ4n) is 3.84. The summed E-state index contributed by atoms with van der Waals surface area (Å²) < 4.78 is 14.8. The van der Waals surface area contributed by atoms with E-state index < -0.39 is 0 Å². The van der Waals surface area contributed by atoms with Gasteiger partial charge in [0.25, 0.3) is 5.56 Å². The van der Waals surface area contributed by atoms with Gasteiger partial charge in [0.15, 0.2) is 0 Å². The van der Waals surface area contributed by atoms with Crippen LogP contribution in [0.3, 0.4) is 0 Å². The number of benzene rings is 1. The van der Waals surface area contributed by atoms with Crippen LogP contribution in [-0.2, 0) is 6.54 Å². The molecule has 1 aromatic carbocycles. The normalized spacial score (nSPS) is 17.9. The summed E-state index contributed by atoms with van der Waals surface area (Å²) in [6, 6.07) is 10.8. The monoisotopic (exact) mass is 351 g/mol. The Morgan fingerprint density at radius 3 is 2.38 bits per heavy atom. The number of hydrogen-bond donors (Lipinski definition) is 0. The predicted molar refractivity (Wildman–Crippen MR) is 98.7 cm³/mol. The van der Waals surface area contributed by atoms with Crippen molar-refractivity contribution >= 4 is 5.69 Å². The number of anilines is 1. The third-order valence-electron chi connectivity index (χ3n) is 5.58. The zero-order chi connectivity index (χ0) is 18.1. The van der Waals surface area contributed by atoms with Gasteiger partial charge in [-0.1, -0.05) is 12.1 Å². The first-order valence-corrected chi connectivity index (χ1v) is 9.29.